The summed E-state index contributed by atoms with van der Waals surface area (Å²) in [6, 6.07) is 0. The Kier molecular flexibility index (Phi) is 42.4. The number of ether oxygens (including phenoxy) is 2. The number of phosphoric ester groups is 1. The quantitative estimate of drug-likeness (QED) is 0.0266. The van der Waals surface area contributed by atoms with Crippen molar-refractivity contribution in [1.82, 2.24) is 0 Å². The number of carbonyl (C=O) groups excluding carboxylic acids is 2. The zero-order valence-corrected chi connectivity index (χ0v) is 37.7. The Morgan fingerprint density at radius 3 is 1.44 bits per heavy atom. The SMILES string of the molecule is CC/C=C\C/C=C\C/C=C\CCCCCC(=O)OC(COC(=O)CCCCCCCCCCCCCCCCCCCCCCCCC)COP(=O)(O)OCCN. The fourth-order valence-corrected chi connectivity index (χ4v) is 7.36. The van der Waals surface area contributed by atoms with Gasteiger partial charge in [-0.3, -0.25) is 18.6 Å². The molecule has 0 amide bonds. The van der Waals surface area contributed by atoms with Gasteiger partial charge >= 0.3 is 19.8 Å². The summed E-state index contributed by atoms with van der Waals surface area (Å²) in [4.78, 5) is 34.9. The van der Waals surface area contributed by atoms with Crippen LogP contribution in [0.4, 0.5) is 0 Å². The molecule has 0 aromatic heterocycles. The summed E-state index contributed by atoms with van der Waals surface area (Å²) in [5.41, 5.74) is 5.35. The summed E-state index contributed by atoms with van der Waals surface area (Å²) in [6.45, 7) is 3.61. The molecule has 10 heteroatoms. The van der Waals surface area contributed by atoms with Crippen LogP contribution in [-0.2, 0) is 32.7 Å². The molecule has 0 heterocycles. The lowest BCUT2D eigenvalue weighted by atomic mass is 10.0. The number of phosphoric acid groups is 1. The van der Waals surface area contributed by atoms with E-state index in [1.807, 2.05) is 0 Å². The summed E-state index contributed by atoms with van der Waals surface area (Å²) in [5, 5.41) is 0. The van der Waals surface area contributed by atoms with Crippen molar-refractivity contribution in [3.63, 3.8) is 0 Å². The van der Waals surface area contributed by atoms with Gasteiger partial charge in [0.15, 0.2) is 6.10 Å². The summed E-state index contributed by atoms with van der Waals surface area (Å²) in [7, 11) is -4.38. The van der Waals surface area contributed by atoms with Gasteiger partial charge in [0.2, 0.25) is 0 Å². The second-order valence-corrected chi connectivity index (χ2v) is 17.1. The van der Waals surface area contributed by atoms with E-state index in [4.69, 9.17) is 24.3 Å². The van der Waals surface area contributed by atoms with Gasteiger partial charge in [0.1, 0.15) is 6.61 Å². The molecule has 9 nitrogen and oxygen atoms in total. The zero-order chi connectivity index (χ0) is 41.8. The highest BCUT2D eigenvalue weighted by Crippen LogP contribution is 2.43. The van der Waals surface area contributed by atoms with E-state index in [0.717, 1.165) is 57.8 Å². The van der Waals surface area contributed by atoms with Crippen LogP contribution < -0.4 is 5.73 Å². The first kappa shape index (κ1) is 55.2. The van der Waals surface area contributed by atoms with E-state index in [-0.39, 0.29) is 38.6 Å². The molecule has 0 fully saturated rings. The van der Waals surface area contributed by atoms with Crippen LogP contribution >= 0.6 is 7.82 Å². The van der Waals surface area contributed by atoms with Crippen LogP contribution in [0, 0.1) is 0 Å². The predicted octanol–water partition coefficient (Wildman–Crippen LogP) is 13.7. The Morgan fingerprint density at radius 1 is 0.544 bits per heavy atom. The predicted molar refractivity (Wildman–Crippen MR) is 238 cm³/mol. The fraction of sp³-hybridized carbons (Fsp3) is 0.830. The van der Waals surface area contributed by atoms with Crippen molar-refractivity contribution < 1.29 is 37.6 Å². The molecule has 0 saturated carbocycles. The van der Waals surface area contributed by atoms with E-state index in [0.29, 0.717) is 6.42 Å². The first-order valence-corrected chi connectivity index (χ1v) is 25.0. The molecule has 0 bridgehead atoms. The smallest absolute Gasteiger partial charge is 0.462 e. The number of carbonyl (C=O) groups is 2. The standard InChI is InChI=1S/C47H88NO8P/c1-3-5-7-9-11-13-15-17-18-19-20-21-22-23-24-25-26-28-29-31-33-35-37-39-46(49)53-43-45(44-55-57(51,52)54-42-41-48)56-47(50)40-38-36-34-32-30-27-16-14-12-10-8-6-4-2/h6,8,12,14,27,30,45H,3-5,7,9-11,13,15-26,28-29,31-44,48H2,1-2H3,(H,51,52)/b8-6-,14-12-,30-27-. The second kappa shape index (κ2) is 43.8. The lowest BCUT2D eigenvalue weighted by molar-refractivity contribution is -0.161. The van der Waals surface area contributed by atoms with E-state index < -0.39 is 26.5 Å². The molecule has 0 aromatic carbocycles. The summed E-state index contributed by atoms with van der Waals surface area (Å²) in [6.07, 6.45) is 49.1. The van der Waals surface area contributed by atoms with Crippen LogP contribution in [0.1, 0.15) is 219 Å². The summed E-state index contributed by atoms with van der Waals surface area (Å²) >= 11 is 0. The van der Waals surface area contributed by atoms with Crippen molar-refractivity contribution in [2.45, 2.75) is 225 Å². The van der Waals surface area contributed by atoms with Crippen molar-refractivity contribution >= 4 is 19.8 Å². The number of rotatable bonds is 44. The lowest BCUT2D eigenvalue weighted by Gasteiger charge is -2.19. The van der Waals surface area contributed by atoms with Gasteiger partial charge in [0, 0.05) is 19.4 Å². The molecule has 0 aromatic rings. The average Bonchev–Trinajstić information content (AvgIpc) is 3.20. The molecule has 334 valence electrons. The van der Waals surface area contributed by atoms with Gasteiger partial charge in [0.05, 0.1) is 13.2 Å². The Labute approximate surface area is 350 Å². The van der Waals surface area contributed by atoms with E-state index in [1.165, 1.54) is 128 Å². The Morgan fingerprint density at radius 2 is 0.965 bits per heavy atom. The van der Waals surface area contributed by atoms with Crippen LogP contribution in [-0.4, -0.2) is 49.3 Å². The van der Waals surface area contributed by atoms with Crippen molar-refractivity contribution in [3.05, 3.63) is 36.5 Å². The topological polar surface area (TPSA) is 134 Å². The molecule has 2 atom stereocenters. The average molecular weight is 826 g/mol. The molecule has 0 saturated heterocycles. The first-order valence-electron chi connectivity index (χ1n) is 23.5. The fourth-order valence-electron chi connectivity index (χ4n) is 6.59. The van der Waals surface area contributed by atoms with E-state index in [9.17, 15) is 19.0 Å². The third-order valence-corrected chi connectivity index (χ3v) is 11.0. The van der Waals surface area contributed by atoms with E-state index >= 15 is 0 Å². The second-order valence-electron chi connectivity index (χ2n) is 15.6. The maximum absolute atomic E-state index is 12.6. The minimum Gasteiger partial charge on any atom is -0.462 e. The Bertz CT molecular complexity index is 1030. The minimum absolute atomic E-state index is 0.0489. The van der Waals surface area contributed by atoms with Crippen LogP contribution in [0.3, 0.4) is 0 Å². The number of nitrogens with two attached hydrogens (primary N) is 1. The highest BCUT2D eigenvalue weighted by atomic mass is 31.2. The number of hydrogen-bond donors (Lipinski definition) is 2. The number of hydrogen-bond acceptors (Lipinski definition) is 8. The van der Waals surface area contributed by atoms with Gasteiger partial charge < -0.3 is 20.1 Å². The minimum atomic E-state index is -4.38. The van der Waals surface area contributed by atoms with E-state index in [1.54, 1.807) is 0 Å². The van der Waals surface area contributed by atoms with Crippen LogP contribution in [0.2, 0.25) is 0 Å². The molecular formula is C47H88NO8P. The Hall–Kier alpha value is -1.77. The van der Waals surface area contributed by atoms with Gasteiger partial charge in [-0.05, 0) is 44.9 Å². The molecule has 0 aliphatic heterocycles. The van der Waals surface area contributed by atoms with Crippen LogP contribution in [0.25, 0.3) is 0 Å². The van der Waals surface area contributed by atoms with Crippen molar-refractivity contribution in [2.75, 3.05) is 26.4 Å². The number of esters is 2. The number of allylic oxidation sites excluding steroid dienone is 6. The van der Waals surface area contributed by atoms with Crippen LogP contribution in [0.15, 0.2) is 36.5 Å². The largest absolute Gasteiger partial charge is 0.472 e. The summed E-state index contributed by atoms with van der Waals surface area (Å²) in [5.74, 6) is -0.856. The third kappa shape index (κ3) is 43.6. The number of unbranched alkanes of at least 4 members (excludes halogenated alkanes) is 25. The van der Waals surface area contributed by atoms with Gasteiger partial charge in [-0.25, -0.2) is 4.57 Å². The van der Waals surface area contributed by atoms with E-state index in [2.05, 4.69) is 50.3 Å². The van der Waals surface area contributed by atoms with Gasteiger partial charge in [-0.15, -0.1) is 0 Å². The van der Waals surface area contributed by atoms with Crippen molar-refractivity contribution in [2.24, 2.45) is 5.73 Å². The molecule has 2 unspecified atom stereocenters. The molecule has 3 N–H and O–H groups in total. The highest BCUT2D eigenvalue weighted by molar-refractivity contribution is 7.47. The highest BCUT2D eigenvalue weighted by Gasteiger charge is 2.26. The summed E-state index contributed by atoms with van der Waals surface area (Å²) < 4.78 is 32.8. The van der Waals surface area contributed by atoms with Crippen molar-refractivity contribution in [3.8, 4) is 0 Å². The van der Waals surface area contributed by atoms with Crippen molar-refractivity contribution in [1.29, 1.82) is 0 Å². The molecule has 57 heavy (non-hydrogen) atoms. The third-order valence-electron chi connectivity index (χ3n) is 10.0. The lowest BCUT2D eigenvalue weighted by Crippen LogP contribution is -2.29. The first-order chi connectivity index (χ1) is 27.8. The molecule has 0 rings (SSSR count). The Balaban J connectivity index is 4.01. The molecule has 0 aliphatic carbocycles. The molecule has 0 spiro atoms. The van der Waals surface area contributed by atoms with Gasteiger partial charge in [-0.1, -0.05) is 198 Å². The monoisotopic (exact) mass is 826 g/mol. The molecule has 0 aliphatic rings. The maximum Gasteiger partial charge on any atom is 0.472 e. The van der Waals surface area contributed by atoms with Crippen LogP contribution in [0.5, 0.6) is 0 Å². The maximum atomic E-state index is 12.6. The zero-order valence-electron chi connectivity index (χ0n) is 36.8. The van der Waals surface area contributed by atoms with Gasteiger partial charge in [0.25, 0.3) is 0 Å². The van der Waals surface area contributed by atoms with Gasteiger partial charge in [-0.2, -0.15) is 0 Å². The molecular weight excluding hydrogens is 737 g/mol. The normalized spacial score (nSPS) is 13.5. The molecule has 0 radical (unpaired) electrons.